The van der Waals surface area contributed by atoms with Gasteiger partial charge in [-0.25, -0.2) is 0 Å². The molecule has 3 heterocycles. The molecule has 0 radical (unpaired) electrons. The minimum absolute atomic E-state index is 0.00104. The van der Waals surface area contributed by atoms with Crippen molar-refractivity contribution in [1.29, 1.82) is 0 Å². The molecule has 2 amide bonds. The number of rotatable bonds is 9. The third kappa shape index (κ3) is 3.75. The van der Waals surface area contributed by atoms with Gasteiger partial charge < -0.3 is 24.8 Å². The van der Waals surface area contributed by atoms with Crippen LogP contribution in [0.1, 0.15) is 32.6 Å². The number of carbonyl (C=O) groups is 3. The lowest BCUT2D eigenvalue weighted by Crippen LogP contribution is -2.51. The summed E-state index contributed by atoms with van der Waals surface area (Å²) in [5.41, 5.74) is 0.623. The standard InChI is InChI=1S/C23H30N2O6S/c1-3-31-22(29)17-16-10-11-23(32-16)18(17)21(28)25(12-4-5-13-26)19(23)20(27)24-14-6-8-15(30-2)9-7-14/h6-9,16-19,26H,3-5,10-13H2,1-2H3,(H,24,27)/t16-,17+,18-,19?,23?/m0/s1. The molecule has 0 aliphatic carbocycles. The smallest absolute Gasteiger partial charge is 0.310 e. The number of esters is 1. The van der Waals surface area contributed by atoms with Gasteiger partial charge in [-0.15, -0.1) is 11.8 Å². The van der Waals surface area contributed by atoms with Crippen LogP contribution in [0.3, 0.4) is 0 Å². The van der Waals surface area contributed by atoms with Gasteiger partial charge in [-0.2, -0.15) is 0 Å². The third-order valence-corrected chi connectivity index (χ3v) is 8.72. The summed E-state index contributed by atoms with van der Waals surface area (Å²) in [6.07, 6.45) is 2.64. The fourth-order valence-corrected chi connectivity index (χ4v) is 7.69. The lowest BCUT2D eigenvalue weighted by Gasteiger charge is -2.34. The largest absolute Gasteiger partial charge is 0.497 e. The molecule has 3 saturated heterocycles. The summed E-state index contributed by atoms with van der Waals surface area (Å²) in [6.45, 7) is 2.43. The molecule has 1 spiro atoms. The second kappa shape index (κ2) is 9.31. The Bertz CT molecular complexity index is 878. The van der Waals surface area contributed by atoms with Gasteiger partial charge in [0, 0.05) is 24.1 Å². The highest BCUT2D eigenvalue weighted by Crippen LogP contribution is 2.66. The number of hydrogen-bond donors (Lipinski definition) is 2. The van der Waals surface area contributed by atoms with Crippen molar-refractivity contribution in [3.63, 3.8) is 0 Å². The lowest BCUT2D eigenvalue weighted by molar-refractivity contribution is -0.153. The Morgan fingerprint density at radius 1 is 1.28 bits per heavy atom. The average molecular weight is 463 g/mol. The topological polar surface area (TPSA) is 105 Å². The van der Waals surface area contributed by atoms with Crippen LogP contribution in [-0.2, 0) is 19.1 Å². The van der Waals surface area contributed by atoms with Crippen LogP contribution in [-0.4, -0.2) is 70.7 Å². The van der Waals surface area contributed by atoms with E-state index in [-0.39, 0.29) is 36.2 Å². The number of aliphatic hydroxyl groups excluding tert-OH is 1. The zero-order valence-electron chi connectivity index (χ0n) is 18.4. The fraction of sp³-hybridized carbons (Fsp3) is 0.609. The molecule has 2 bridgehead atoms. The monoisotopic (exact) mass is 462 g/mol. The van der Waals surface area contributed by atoms with E-state index >= 15 is 0 Å². The van der Waals surface area contributed by atoms with E-state index < -0.39 is 22.6 Å². The zero-order chi connectivity index (χ0) is 22.9. The van der Waals surface area contributed by atoms with Crippen LogP contribution in [0.2, 0.25) is 0 Å². The number of anilines is 1. The molecule has 8 nitrogen and oxygen atoms in total. The van der Waals surface area contributed by atoms with Crippen LogP contribution < -0.4 is 10.1 Å². The van der Waals surface area contributed by atoms with Gasteiger partial charge in [0.15, 0.2) is 0 Å². The first kappa shape index (κ1) is 22.9. The molecule has 0 saturated carbocycles. The molecule has 2 N–H and O–H groups in total. The van der Waals surface area contributed by atoms with E-state index in [1.165, 1.54) is 0 Å². The lowest BCUT2D eigenvalue weighted by atomic mass is 9.71. The Balaban J connectivity index is 1.63. The van der Waals surface area contributed by atoms with E-state index in [9.17, 15) is 19.5 Å². The van der Waals surface area contributed by atoms with Crippen LogP contribution in [0.4, 0.5) is 5.69 Å². The van der Waals surface area contributed by atoms with Crippen LogP contribution in [0.25, 0.3) is 0 Å². The number of amides is 2. The summed E-state index contributed by atoms with van der Waals surface area (Å²) < 4.78 is 9.86. The van der Waals surface area contributed by atoms with Crippen molar-refractivity contribution in [2.45, 2.75) is 48.6 Å². The predicted molar refractivity (Wildman–Crippen MR) is 120 cm³/mol. The first-order valence-corrected chi connectivity index (χ1v) is 12.1. The van der Waals surface area contributed by atoms with E-state index in [2.05, 4.69) is 5.32 Å². The molecule has 174 valence electrons. The molecule has 0 aromatic heterocycles. The molecule has 5 atom stereocenters. The number of unbranched alkanes of at least 4 members (excludes halogenated alkanes) is 1. The first-order chi connectivity index (χ1) is 15.5. The molecule has 3 aliphatic rings. The molecule has 1 aromatic carbocycles. The quantitative estimate of drug-likeness (QED) is 0.427. The van der Waals surface area contributed by atoms with Crippen molar-refractivity contribution in [2.24, 2.45) is 11.8 Å². The van der Waals surface area contributed by atoms with Crippen LogP contribution >= 0.6 is 11.8 Å². The van der Waals surface area contributed by atoms with Gasteiger partial charge in [0.05, 0.1) is 30.3 Å². The van der Waals surface area contributed by atoms with Gasteiger partial charge in [0.1, 0.15) is 11.8 Å². The minimum Gasteiger partial charge on any atom is -0.497 e. The van der Waals surface area contributed by atoms with E-state index in [0.717, 1.165) is 6.42 Å². The summed E-state index contributed by atoms with van der Waals surface area (Å²) in [5, 5.41) is 12.2. The highest BCUT2D eigenvalue weighted by molar-refractivity contribution is 8.02. The average Bonchev–Trinajstić information content (AvgIpc) is 3.42. The Kier molecular flexibility index (Phi) is 6.67. The number of hydrogen-bond acceptors (Lipinski definition) is 7. The highest BCUT2D eigenvalue weighted by atomic mass is 32.2. The van der Waals surface area contributed by atoms with E-state index in [0.29, 0.717) is 37.2 Å². The molecule has 4 rings (SSSR count). The number of fused-ring (bicyclic) bond motifs is 1. The van der Waals surface area contributed by atoms with Crippen molar-refractivity contribution in [1.82, 2.24) is 4.90 Å². The summed E-state index contributed by atoms with van der Waals surface area (Å²) >= 11 is 1.62. The number of likely N-dealkylation sites (tertiary alicyclic amines) is 1. The molecular formula is C23H30N2O6S. The van der Waals surface area contributed by atoms with E-state index in [1.807, 2.05) is 0 Å². The maximum Gasteiger partial charge on any atom is 0.310 e. The number of aliphatic hydroxyl groups is 1. The van der Waals surface area contributed by atoms with Crippen LogP contribution in [0.5, 0.6) is 5.75 Å². The number of nitrogens with zero attached hydrogens (tertiary/aromatic N) is 1. The summed E-state index contributed by atoms with van der Waals surface area (Å²) in [6, 6.07) is 6.39. The number of benzene rings is 1. The molecule has 9 heteroatoms. The van der Waals surface area contributed by atoms with Crippen molar-refractivity contribution in [3.05, 3.63) is 24.3 Å². The normalized spacial score (nSPS) is 30.3. The molecule has 1 aromatic rings. The molecule has 2 unspecified atom stereocenters. The van der Waals surface area contributed by atoms with Gasteiger partial charge in [-0.05, 0) is 56.9 Å². The van der Waals surface area contributed by atoms with Crippen molar-refractivity contribution in [3.8, 4) is 5.75 Å². The maximum atomic E-state index is 13.6. The maximum absolute atomic E-state index is 13.6. The first-order valence-electron chi connectivity index (χ1n) is 11.2. The molecule has 3 fully saturated rings. The number of nitrogens with one attached hydrogen (secondary N) is 1. The number of thioether (sulfide) groups is 1. The summed E-state index contributed by atoms with van der Waals surface area (Å²) in [5.74, 6) is -1.10. The highest BCUT2D eigenvalue weighted by Gasteiger charge is 2.73. The van der Waals surface area contributed by atoms with Crippen LogP contribution in [0.15, 0.2) is 24.3 Å². The predicted octanol–water partition coefficient (Wildman–Crippen LogP) is 2.06. The summed E-state index contributed by atoms with van der Waals surface area (Å²) in [7, 11) is 1.58. The Hall–Kier alpha value is -2.26. The second-order valence-corrected chi connectivity index (χ2v) is 10.1. The molecule has 3 aliphatic heterocycles. The number of carbonyl (C=O) groups excluding carboxylic acids is 3. The Labute approximate surface area is 192 Å². The third-order valence-electron chi connectivity index (χ3n) is 6.77. The SMILES string of the molecule is CCOC(=O)[C@@H]1[C@@H]2CCC3(S2)C(C(=O)Nc2ccc(OC)cc2)N(CCCCO)C(=O)[C@H]13. The van der Waals surface area contributed by atoms with E-state index in [4.69, 9.17) is 9.47 Å². The number of methoxy groups -OCH3 is 1. The Morgan fingerprint density at radius 2 is 2.03 bits per heavy atom. The van der Waals surface area contributed by atoms with Gasteiger partial charge >= 0.3 is 5.97 Å². The Morgan fingerprint density at radius 3 is 2.69 bits per heavy atom. The second-order valence-electron chi connectivity index (χ2n) is 8.49. The van der Waals surface area contributed by atoms with E-state index in [1.54, 1.807) is 55.0 Å². The van der Waals surface area contributed by atoms with Gasteiger partial charge in [0.2, 0.25) is 11.8 Å². The fourth-order valence-electron chi connectivity index (χ4n) is 5.48. The van der Waals surface area contributed by atoms with Crippen molar-refractivity contribution >= 4 is 35.2 Å². The van der Waals surface area contributed by atoms with Gasteiger partial charge in [-0.3, -0.25) is 14.4 Å². The van der Waals surface area contributed by atoms with Crippen molar-refractivity contribution < 1.29 is 29.0 Å². The zero-order valence-corrected chi connectivity index (χ0v) is 19.2. The molecular weight excluding hydrogens is 432 g/mol. The minimum atomic E-state index is -0.671. The van der Waals surface area contributed by atoms with Crippen molar-refractivity contribution in [2.75, 3.05) is 32.2 Å². The molecule has 32 heavy (non-hydrogen) atoms. The van der Waals surface area contributed by atoms with Gasteiger partial charge in [-0.1, -0.05) is 0 Å². The van der Waals surface area contributed by atoms with Gasteiger partial charge in [0.25, 0.3) is 0 Å². The summed E-state index contributed by atoms with van der Waals surface area (Å²) in [4.78, 5) is 41.6. The van der Waals surface area contributed by atoms with Crippen LogP contribution in [0, 0.1) is 11.8 Å². The number of ether oxygens (including phenoxy) is 2.